The van der Waals surface area contributed by atoms with Gasteiger partial charge in [-0.15, -0.1) is 0 Å². The van der Waals surface area contributed by atoms with E-state index >= 15 is 0 Å². The minimum atomic E-state index is -4.60. The maximum absolute atomic E-state index is 13.3. The molecule has 1 amide bonds. The summed E-state index contributed by atoms with van der Waals surface area (Å²) in [5.74, 6) is -1.99. The zero-order valence-electron chi connectivity index (χ0n) is 9.25. The number of carbonyl (C=O) groups is 1. The molecule has 0 saturated carbocycles. The Labute approximate surface area is 101 Å². The molecule has 1 rings (SSSR count). The minimum Gasteiger partial charge on any atom is -0.395 e. The molecule has 1 N–H and O–H groups in total. The van der Waals surface area contributed by atoms with E-state index in [2.05, 4.69) is 0 Å². The van der Waals surface area contributed by atoms with Gasteiger partial charge in [-0.2, -0.15) is 13.2 Å². The number of hydrogen-bond acceptors (Lipinski definition) is 2. The molecule has 100 valence electrons. The van der Waals surface area contributed by atoms with Gasteiger partial charge in [0.25, 0.3) is 5.91 Å². The molecular formula is C11H11F4NO2. The maximum Gasteiger partial charge on any atom is 0.406 e. The Morgan fingerprint density at radius 1 is 1.28 bits per heavy atom. The normalized spacial score (nSPS) is 11.4. The molecule has 0 atom stereocenters. The van der Waals surface area contributed by atoms with Gasteiger partial charge < -0.3 is 10.0 Å². The molecule has 0 aliphatic carbocycles. The number of hydrogen-bond donors (Lipinski definition) is 1. The van der Waals surface area contributed by atoms with Crippen molar-refractivity contribution in [3.8, 4) is 0 Å². The number of halogens is 4. The average molecular weight is 265 g/mol. The highest BCUT2D eigenvalue weighted by Gasteiger charge is 2.33. The van der Waals surface area contributed by atoms with E-state index in [1.54, 1.807) is 0 Å². The number of nitrogens with zero attached hydrogens (tertiary/aromatic N) is 1. The Morgan fingerprint density at radius 2 is 1.89 bits per heavy atom. The van der Waals surface area contributed by atoms with Crippen LogP contribution in [0.4, 0.5) is 17.6 Å². The molecule has 3 nitrogen and oxygen atoms in total. The summed E-state index contributed by atoms with van der Waals surface area (Å²) in [4.78, 5) is 12.1. The van der Waals surface area contributed by atoms with E-state index in [0.717, 1.165) is 12.1 Å². The third-order valence-corrected chi connectivity index (χ3v) is 2.13. The largest absolute Gasteiger partial charge is 0.406 e. The molecule has 0 radical (unpaired) electrons. The first-order chi connectivity index (χ1) is 8.35. The van der Waals surface area contributed by atoms with Crippen molar-refractivity contribution in [2.45, 2.75) is 6.18 Å². The first-order valence-electron chi connectivity index (χ1n) is 5.06. The number of benzene rings is 1. The number of aliphatic hydroxyl groups is 1. The van der Waals surface area contributed by atoms with Gasteiger partial charge in [0.2, 0.25) is 0 Å². The average Bonchev–Trinajstić information content (AvgIpc) is 2.26. The predicted molar refractivity (Wildman–Crippen MR) is 55.4 cm³/mol. The van der Waals surface area contributed by atoms with Crippen LogP contribution in [0, 0.1) is 5.82 Å². The van der Waals surface area contributed by atoms with Gasteiger partial charge in [-0.1, -0.05) is 12.1 Å². The van der Waals surface area contributed by atoms with Crippen LogP contribution in [-0.4, -0.2) is 41.8 Å². The first kappa shape index (κ1) is 14.4. The molecule has 1 aromatic carbocycles. The van der Waals surface area contributed by atoms with Crippen molar-refractivity contribution in [2.75, 3.05) is 19.7 Å². The lowest BCUT2D eigenvalue weighted by atomic mass is 10.2. The van der Waals surface area contributed by atoms with E-state index in [0.29, 0.717) is 4.90 Å². The summed E-state index contributed by atoms with van der Waals surface area (Å²) in [6, 6.07) is 4.75. The number of aliphatic hydroxyl groups excluding tert-OH is 1. The van der Waals surface area contributed by atoms with Crippen LogP contribution in [-0.2, 0) is 0 Å². The van der Waals surface area contributed by atoms with Crippen molar-refractivity contribution < 1.29 is 27.5 Å². The van der Waals surface area contributed by atoms with Gasteiger partial charge in [0, 0.05) is 6.54 Å². The van der Waals surface area contributed by atoms with Gasteiger partial charge in [0.15, 0.2) is 0 Å². The molecule has 0 bridgehead atoms. The van der Waals surface area contributed by atoms with Crippen LogP contribution in [0.2, 0.25) is 0 Å². The maximum atomic E-state index is 13.3. The second-order valence-electron chi connectivity index (χ2n) is 3.55. The predicted octanol–water partition coefficient (Wildman–Crippen LogP) is 1.82. The SMILES string of the molecule is O=C(c1ccccc1F)N(CCO)CC(F)(F)F. The summed E-state index contributed by atoms with van der Waals surface area (Å²) in [5.41, 5.74) is -0.449. The lowest BCUT2D eigenvalue weighted by Gasteiger charge is -2.23. The third-order valence-electron chi connectivity index (χ3n) is 2.13. The summed E-state index contributed by atoms with van der Waals surface area (Å²) in [6.45, 7) is -2.66. The highest BCUT2D eigenvalue weighted by molar-refractivity contribution is 5.94. The van der Waals surface area contributed by atoms with E-state index in [-0.39, 0.29) is 0 Å². The Balaban J connectivity index is 2.93. The quantitative estimate of drug-likeness (QED) is 0.844. The van der Waals surface area contributed by atoms with Gasteiger partial charge in [0.1, 0.15) is 12.4 Å². The number of carbonyl (C=O) groups excluding carboxylic acids is 1. The van der Waals surface area contributed by atoms with Gasteiger partial charge in [0.05, 0.1) is 12.2 Å². The summed E-state index contributed by atoms with van der Waals surface area (Å²) >= 11 is 0. The smallest absolute Gasteiger partial charge is 0.395 e. The molecule has 1 aromatic rings. The fourth-order valence-corrected chi connectivity index (χ4v) is 1.39. The first-order valence-corrected chi connectivity index (χ1v) is 5.06. The van der Waals surface area contributed by atoms with Crippen molar-refractivity contribution >= 4 is 5.91 Å². The topological polar surface area (TPSA) is 40.5 Å². The van der Waals surface area contributed by atoms with Gasteiger partial charge in [-0.3, -0.25) is 4.79 Å². The van der Waals surface area contributed by atoms with Crippen LogP contribution >= 0.6 is 0 Å². The van der Waals surface area contributed by atoms with E-state index in [1.807, 2.05) is 0 Å². The molecule has 7 heteroatoms. The molecule has 0 aliphatic rings. The molecule has 0 fully saturated rings. The lowest BCUT2D eigenvalue weighted by Crippen LogP contribution is -2.41. The Hall–Kier alpha value is -1.63. The summed E-state index contributed by atoms with van der Waals surface area (Å²) in [6.07, 6.45) is -4.60. The lowest BCUT2D eigenvalue weighted by molar-refractivity contribution is -0.141. The van der Waals surface area contributed by atoms with Crippen LogP contribution in [0.3, 0.4) is 0 Å². The fourth-order valence-electron chi connectivity index (χ4n) is 1.39. The highest BCUT2D eigenvalue weighted by Crippen LogP contribution is 2.18. The Morgan fingerprint density at radius 3 is 2.39 bits per heavy atom. The highest BCUT2D eigenvalue weighted by atomic mass is 19.4. The second kappa shape index (κ2) is 5.81. The van der Waals surface area contributed by atoms with Crippen molar-refractivity contribution in [1.29, 1.82) is 0 Å². The summed E-state index contributed by atoms with van der Waals surface area (Å²) in [5, 5.41) is 8.64. The fraction of sp³-hybridized carbons (Fsp3) is 0.364. The molecule has 18 heavy (non-hydrogen) atoms. The summed E-state index contributed by atoms with van der Waals surface area (Å²) in [7, 11) is 0. The van der Waals surface area contributed by atoms with E-state index in [1.165, 1.54) is 12.1 Å². The van der Waals surface area contributed by atoms with Crippen molar-refractivity contribution in [2.24, 2.45) is 0 Å². The van der Waals surface area contributed by atoms with E-state index in [9.17, 15) is 22.4 Å². The monoisotopic (exact) mass is 265 g/mol. The Bertz CT molecular complexity index is 420. The van der Waals surface area contributed by atoms with E-state index in [4.69, 9.17) is 5.11 Å². The zero-order valence-corrected chi connectivity index (χ0v) is 9.25. The molecule has 0 spiro atoms. The molecule has 0 aromatic heterocycles. The number of amides is 1. The van der Waals surface area contributed by atoms with Crippen LogP contribution in [0.5, 0.6) is 0 Å². The molecular weight excluding hydrogens is 254 g/mol. The third kappa shape index (κ3) is 3.99. The van der Waals surface area contributed by atoms with Crippen LogP contribution in [0.15, 0.2) is 24.3 Å². The van der Waals surface area contributed by atoms with E-state index < -0.39 is 43.2 Å². The van der Waals surface area contributed by atoms with Crippen LogP contribution in [0.25, 0.3) is 0 Å². The second-order valence-corrected chi connectivity index (χ2v) is 3.55. The summed E-state index contributed by atoms with van der Waals surface area (Å²) < 4.78 is 50.0. The van der Waals surface area contributed by atoms with Crippen molar-refractivity contribution in [3.63, 3.8) is 0 Å². The number of alkyl halides is 3. The van der Waals surface area contributed by atoms with Gasteiger partial charge >= 0.3 is 6.18 Å². The standard InChI is InChI=1S/C11H11F4NO2/c12-9-4-2-1-3-8(9)10(18)16(5-6-17)7-11(13,14)15/h1-4,17H,5-7H2. The molecule has 0 unspecified atom stereocenters. The zero-order chi connectivity index (χ0) is 13.8. The van der Waals surface area contributed by atoms with Crippen molar-refractivity contribution in [1.82, 2.24) is 4.90 Å². The van der Waals surface area contributed by atoms with Gasteiger partial charge in [-0.25, -0.2) is 4.39 Å². The van der Waals surface area contributed by atoms with Crippen molar-refractivity contribution in [3.05, 3.63) is 35.6 Å². The number of rotatable bonds is 4. The Kier molecular flexibility index (Phi) is 4.66. The molecule has 0 aliphatic heterocycles. The minimum absolute atomic E-state index is 0.360. The van der Waals surface area contributed by atoms with Crippen LogP contribution in [0.1, 0.15) is 10.4 Å². The van der Waals surface area contributed by atoms with Crippen LogP contribution < -0.4 is 0 Å². The van der Waals surface area contributed by atoms with Gasteiger partial charge in [-0.05, 0) is 12.1 Å². The molecule has 0 saturated heterocycles. The molecule has 0 heterocycles.